The Balaban J connectivity index is 1.79. The van der Waals surface area contributed by atoms with Crippen molar-refractivity contribution >= 4 is 16.9 Å². The molecule has 118 valence electrons. The van der Waals surface area contributed by atoms with E-state index in [1.54, 1.807) is 0 Å². The number of aliphatic hydroxyl groups excluding tert-OH is 1. The van der Waals surface area contributed by atoms with Gasteiger partial charge in [-0.2, -0.15) is 0 Å². The molecule has 0 atom stereocenters. The van der Waals surface area contributed by atoms with Crippen molar-refractivity contribution in [2.24, 2.45) is 0 Å². The average Bonchev–Trinajstić information content (AvgIpc) is 2.55. The Hall–Kier alpha value is -1.88. The molecule has 1 heterocycles. The summed E-state index contributed by atoms with van der Waals surface area (Å²) in [4.78, 5) is 9.03. The highest BCUT2D eigenvalue weighted by atomic mass is 16.5. The Kier molecular flexibility index (Phi) is 4.73. The van der Waals surface area contributed by atoms with Crippen LogP contribution >= 0.6 is 0 Å². The van der Waals surface area contributed by atoms with Gasteiger partial charge in [-0.3, -0.25) is 0 Å². The molecule has 1 fully saturated rings. The van der Waals surface area contributed by atoms with Gasteiger partial charge in [-0.25, -0.2) is 9.97 Å². The minimum atomic E-state index is -0.149. The molecule has 0 radical (unpaired) electrons. The van der Waals surface area contributed by atoms with E-state index in [4.69, 9.17) is 4.74 Å². The fraction of sp³-hybridized carbons (Fsp3) is 0.529. The molecule has 2 aromatic rings. The van der Waals surface area contributed by atoms with Crippen LogP contribution in [0.25, 0.3) is 10.9 Å². The predicted octanol–water partition coefficient (Wildman–Crippen LogP) is 3.13. The summed E-state index contributed by atoms with van der Waals surface area (Å²) in [6, 6.07) is 6.25. The first-order chi connectivity index (χ1) is 10.8. The number of fused-ring (bicyclic) bond motifs is 1. The van der Waals surface area contributed by atoms with Gasteiger partial charge in [-0.1, -0.05) is 19.1 Å². The minimum absolute atomic E-state index is 0.149. The Morgan fingerprint density at radius 3 is 2.86 bits per heavy atom. The number of hydrogen-bond donors (Lipinski definition) is 2. The first kappa shape index (κ1) is 15.0. The summed E-state index contributed by atoms with van der Waals surface area (Å²) in [7, 11) is 0. The molecule has 1 aromatic heterocycles. The number of hydrogen-bond acceptors (Lipinski definition) is 5. The lowest BCUT2D eigenvalue weighted by Crippen LogP contribution is -2.28. The molecule has 2 N–H and O–H groups in total. The largest absolute Gasteiger partial charge is 0.491 e. The molecule has 0 bridgehead atoms. The van der Waals surface area contributed by atoms with Gasteiger partial charge in [-0.05, 0) is 38.2 Å². The highest BCUT2D eigenvalue weighted by Gasteiger charge is 2.20. The molecule has 22 heavy (non-hydrogen) atoms. The van der Waals surface area contributed by atoms with Gasteiger partial charge in [0.05, 0.1) is 12.7 Å². The van der Waals surface area contributed by atoms with Crippen molar-refractivity contribution in [3.8, 4) is 5.75 Å². The molecule has 1 aromatic carbocycles. The quantitative estimate of drug-likeness (QED) is 0.888. The zero-order valence-corrected chi connectivity index (χ0v) is 13.0. The third-order valence-electron chi connectivity index (χ3n) is 4.07. The SMILES string of the molecule is CCCOc1cccc2cnc(NC3CCC(O)CC3)nc12. The maximum absolute atomic E-state index is 9.58. The molecule has 0 amide bonds. The van der Waals surface area contributed by atoms with Crippen molar-refractivity contribution < 1.29 is 9.84 Å². The van der Waals surface area contributed by atoms with Gasteiger partial charge in [0.1, 0.15) is 11.3 Å². The van der Waals surface area contributed by atoms with Gasteiger partial charge in [0.2, 0.25) is 5.95 Å². The second-order valence-corrected chi connectivity index (χ2v) is 5.89. The summed E-state index contributed by atoms with van der Waals surface area (Å²) < 4.78 is 5.78. The Morgan fingerprint density at radius 2 is 2.09 bits per heavy atom. The van der Waals surface area contributed by atoms with Crippen LogP contribution in [0, 0.1) is 0 Å². The smallest absolute Gasteiger partial charge is 0.223 e. The molecule has 0 unspecified atom stereocenters. The molecular weight excluding hydrogens is 278 g/mol. The van der Waals surface area contributed by atoms with Gasteiger partial charge in [-0.15, -0.1) is 0 Å². The number of aliphatic hydroxyl groups is 1. The molecule has 5 nitrogen and oxygen atoms in total. The number of anilines is 1. The molecule has 0 spiro atoms. The van der Waals surface area contributed by atoms with E-state index in [0.717, 1.165) is 48.8 Å². The standard InChI is InChI=1S/C17H23N3O2/c1-2-10-22-15-5-3-4-12-11-18-17(20-16(12)15)19-13-6-8-14(21)9-7-13/h3-5,11,13-14,21H,2,6-10H2,1H3,(H,18,19,20). The van der Waals surface area contributed by atoms with Crippen LogP contribution in [0.15, 0.2) is 24.4 Å². The van der Waals surface area contributed by atoms with Crippen molar-refractivity contribution in [2.45, 2.75) is 51.2 Å². The summed E-state index contributed by atoms with van der Waals surface area (Å²) in [5, 5.41) is 14.0. The van der Waals surface area contributed by atoms with Crippen molar-refractivity contribution in [1.82, 2.24) is 9.97 Å². The van der Waals surface area contributed by atoms with E-state index in [9.17, 15) is 5.11 Å². The normalized spacial score (nSPS) is 21.7. The number of benzene rings is 1. The first-order valence-corrected chi connectivity index (χ1v) is 8.09. The van der Waals surface area contributed by atoms with Gasteiger partial charge in [0.25, 0.3) is 0 Å². The number of nitrogens with one attached hydrogen (secondary N) is 1. The van der Waals surface area contributed by atoms with Crippen molar-refractivity contribution in [1.29, 1.82) is 0 Å². The minimum Gasteiger partial charge on any atom is -0.491 e. The van der Waals surface area contributed by atoms with Crippen LogP contribution in [0.3, 0.4) is 0 Å². The van der Waals surface area contributed by atoms with E-state index in [1.807, 2.05) is 24.4 Å². The maximum Gasteiger partial charge on any atom is 0.223 e. The van der Waals surface area contributed by atoms with Crippen LogP contribution in [0.4, 0.5) is 5.95 Å². The average molecular weight is 301 g/mol. The zero-order valence-electron chi connectivity index (χ0n) is 13.0. The highest BCUT2D eigenvalue weighted by Crippen LogP contribution is 2.26. The summed E-state index contributed by atoms with van der Waals surface area (Å²) in [5.74, 6) is 1.45. The molecule has 3 rings (SSSR count). The van der Waals surface area contributed by atoms with E-state index >= 15 is 0 Å². The third-order valence-corrected chi connectivity index (χ3v) is 4.07. The van der Waals surface area contributed by atoms with Gasteiger partial charge in [0.15, 0.2) is 0 Å². The summed E-state index contributed by atoms with van der Waals surface area (Å²) in [6.45, 7) is 2.77. The summed E-state index contributed by atoms with van der Waals surface area (Å²) in [6.07, 6.45) is 6.25. The monoisotopic (exact) mass is 301 g/mol. The van der Waals surface area contributed by atoms with Crippen molar-refractivity contribution in [3.05, 3.63) is 24.4 Å². The van der Waals surface area contributed by atoms with Crippen LogP contribution in [0.5, 0.6) is 5.75 Å². The lowest BCUT2D eigenvalue weighted by molar-refractivity contribution is 0.126. The maximum atomic E-state index is 9.58. The molecule has 1 aliphatic rings. The molecule has 5 heteroatoms. The molecule has 1 aliphatic carbocycles. The van der Waals surface area contributed by atoms with Crippen molar-refractivity contribution in [3.63, 3.8) is 0 Å². The molecule has 0 aliphatic heterocycles. The highest BCUT2D eigenvalue weighted by molar-refractivity contribution is 5.84. The summed E-state index contributed by atoms with van der Waals surface area (Å²) >= 11 is 0. The Morgan fingerprint density at radius 1 is 1.27 bits per heavy atom. The van der Waals surface area contributed by atoms with Gasteiger partial charge >= 0.3 is 0 Å². The third kappa shape index (κ3) is 3.47. The van der Waals surface area contributed by atoms with E-state index < -0.39 is 0 Å². The number of ether oxygens (including phenoxy) is 1. The predicted molar refractivity (Wildman–Crippen MR) is 87.2 cm³/mol. The van der Waals surface area contributed by atoms with Crippen molar-refractivity contribution in [2.75, 3.05) is 11.9 Å². The Bertz CT molecular complexity index is 624. The van der Waals surface area contributed by atoms with E-state index in [0.29, 0.717) is 18.6 Å². The summed E-state index contributed by atoms with van der Waals surface area (Å²) in [5.41, 5.74) is 0.851. The zero-order chi connectivity index (χ0) is 15.4. The first-order valence-electron chi connectivity index (χ1n) is 8.09. The van der Waals surface area contributed by atoms with E-state index in [-0.39, 0.29) is 6.10 Å². The van der Waals surface area contributed by atoms with Crippen LogP contribution < -0.4 is 10.1 Å². The molecule has 1 saturated carbocycles. The van der Waals surface area contributed by atoms with Gasteiger partial charge in [0, 0.05) is 17.6 Å². The fourth-order valence-electron chi connectivity index (χ4n) is 2.83. The number of nitrogens with zero attached hydrogens (tertiary/aromatic N) is 2. The molecule has 0 saturated heterocycles. The molecular formula is C17H23N3O2. The van der Waals surface area contributed by atoms with E-state index in [1.165, 1.54) is 0 Å². The number of para-hydroxylation sites is 1. The van der Waals surface area contributed by atoms with Crippen LogP contribution in [0.2, 0.25) is 0 Å². The van der Waals surface area contributed by atoms with E-state index in [2.05, 4.69) is 22.2 Å². The lowest BCUT2D eigenvalue weighted by Gasteiger charge is -2.26. The van der Waals surface area contributed by atoms with Gasteiger partial charge < -0.3 is 15.2 Å². The fourth-order valence-corrected chi connectivity index (χ4v) is 2.83. The Labute approximate surface area is 130 Å². The number of aromatic nitrogens is 2. The second kappa shape index (κ2) is 6.92. The second-order valence-electron chi connectivity index (χ2n) is 5.89. The van der Waals surface area contributed by atoms with Crippen LogP contribution in [0.1, 0.15) is 39.0 Å². The van der Waals surface area contributed by atoms with Crippen LogP contribution in [-0.4, -0.2) is 33.8 Å². The topological polar surface area (TPSA) is 67.3 Å². The van der Waals surface area contributed by atoms with Crippen LogP contribution in [-0.2, 0) is 0 Å². The lowest BCUT2D eigenvalue weighted by atomic mass is 9.93. The number of rotatable bonds is 5.